The molecule has 0 aliphatic rings. The molecule has 0 amide bonds. The number of aromatic nitrogens is 2. The van der Waals surface area contributed by atoms with Crippen LogP contribution in [0.4, 0.5) is 0 Å². The van der Waals surface area contributed by atoms with Crippen molar-refractivity contribution in [3.05, 3.63) is 29.6 Å². The lowest BCUT2D eigenvalue weighted by molar-refractivity contribution is 0.517. The Morgan fingerprint density at radius 2 is 1.84 bits per heavy atom. The third-order valence-corrected chi connectivity index (χ3v) is 3.57. The van der Waals surface area contributed by atoms with Crippen molar-refractivity contribution in [2.24, 2.45) is 5.92 Å². The lowest BCUT2D eigenvalue weighted by Gasteiger charge is -2.13. The standard InChI is InChI=1S/C16H23ClN2/c1-10(2)9-19-15-7-6-13(11(3)4)8-14(15)18-16(19)12(5)17/h6-8,10-12H,9H2,1-5H3. The zero-order valence-corrected chi connectivity index (χ0v) is 13.2. The molecule has 0 saturated heterocycles. The fourth-order valence-electron chi connectivity index (χ4n) is 2.39. The van der Waals surface area contributed by atoms with Crippen molar-refractivity contribution in [3.8, 4) is 0 Å². The van der Waals surface area contributed by atoms with Crippen molar-refractivity contribution >= 4 is 22.6 Å². The van der Waals surface area contributed by atoms with E-state index in [9.17, 15) is 0 Å². The Balaban J connectivity index is 2.59. The van der Waals surface area contributed by atoms with Crippen LogP contribution in [-0.4, -0.2) is 9.55 Å². The largest absolute Gasteiger partial charge is 0.326 e. The minimum absolute atomic E-state index is 0.0614. The lowest BCUT2D eigenvalue weighted by atomic mass is 10.0. The molecule has 1 unspecified atom stereocenters. The molecule has 1 heterocycles. The van der Waals surface area contributed by atoms with E-state index in [1.165, 1.54) is 11.1 Å². The molecular weight excluding hydrogens is 256 g/mol. The summed E-state index contributed by atoms with van der Waals surface area (Å²) in [5, 5.41) is -0.0614. The van der Waals surface area contributed by atoms with Crippen LogP contribution in [0.25, 0.3) is 11.0 Å². The molecule has 104 valence electrons. The van der Waals surface area contributed by atoms with E-state index in [2.05, 4.69) is 50.5 Å². The van der Waals surface area contributed by atoms with Crippen LogP contribution in [0.2, 0.25) is 0 Å². The molecule has 0 radical (unpaired) electrons. The number of imidazole rings is 1. The van der Waals surface area contributed by atoms with Crippen molar-refractivity contribution in [1.29, 1.82) is 0 Å². The second kappa shape index (κ2) is 5.54. The Bertz CT molecular complexity index is 567. The summed E-state index contributed by atoms with van der Waals surface area (Å²) in [5.74, 6) is 2.08. The normalized spacial score (nSPS) is 13.7. The Morgan fingerprint density at radius 1 is 1.16 bits per heavy atom. The van der Waals surface area contributed by atoms with E-state index in [4.69, 9.17) is 16.6 Å². The van der Waals surface area contributed by atoms with E-state index in [-0.39, 0.29) is 5.38 Å². The van der Waals surface area contributed by atoms with Crippen molar-refractivity contribution in [2.75, 3.05) is 0 Å². The molecule has 0 saturated carbocycles. The van der Waals surface area contributed by atoms with Crippen molar-refractivity contribution < 1.29 is 0 Å². The third-order valence-electron chi connectivity index (χ3n) is 3.37. The maximum Gasteiger partial charge on any atom is 0.127 e. The summed E-state index contributed by atoms with van der Waals surface area (Å²) in [6.07, 6.45) is 0. The van der Waals surface area contributed by atoms with Crippen molar-refractivity contribution in [3.63, 3.8) is 0 Å². The SMILES string of the molecule is CC(C)Cn1c(C(C)Cl)nc2cc(C(C)C)ccc21. The molecule has 0 aliphatic carbocycles. The molecule has 1 atom stereocenters. The molecule has 0 aliphatic heterocycles. The summed E-state index contributed by atoms with van der Waals surface area (Å²) in [6.45, 7) is 11.8. The highest BCUT2D eigenvalue weighted by atomic mass is 35.5. The van der Waals surface area contributed by atoms with Crippen LogP contribution in [0.3, 0.4) is 0 Å². The fraction of sp³-hybridized carbons (Fsp3) is 0.562. The van der Waals surface area contributed by atoms with Gasteiger partial charge in [0.15, 0.2) is 0 Å². The van der Waals surface area contributed by atoms with Crippen LogP contribution in [-0.2, 0) is 6.54 Å². The van der Waals surface area contributed by atoms with E-state index < -0.39 is 0 Å². The topological polar surface area (TPSA) is 17.8 Å². The van der Waals surface area contributed by atoms with Gasteiger partial charge in [0.1, 0.15) is 5.82 Å². The fourth-order valence-corrected chi connectivity index (χ4v) is 2.55. The zero-order valence-electron chi connectivity index (χ0n) is 12.4. The second-order valence-electron chi connectivity index (χ2n) is 5.99. The highest BCUT2D eigenvalue weighted by molar-refractivity contribution is 6.20. The summed E-state index contributed by atoms with van der Waals surface area (Å²) in [7, 11) is 0. The van der Waals surface area contributed by atoms with E-state index in [1.54, 1.807) is 0 Å². The van der Waals surface area contributed by atoms with Gasteiger partial charge in [-0.1, -0.05) is 33.8 Å². The van der Waals surface area contributed by atoms with Gasteiger partial charge in [0.05, 0.1) is 16.4 Å². The molecule has 1 aromatic carbocycles. The number of alkyl halides is 1. The maximum absolute atomic E-state index is 6.28. The molecule has 1 aromatic heterocycles. The molecule has 0 fully saturated rings. The van der Waals surface area contributed by atoms with E-state index >= 15 is 0 Å². The van der Waals surface area contributed by atoms with Gasteiger partial charge in [0.2, 0.25) is 0 Å². The first-order chi connectivity index (χ1) is 8.90. The number of rotatable bonds is 4. The Morgan fingerprint density at radius 3 is 2.37 bits per heavy atom. The molecule has 0 spiro atoms. The van der Waals surface area contributed by atoms with Crippen LogP contribution in [0.15, 0.2) is 18.2 Å². The molecular formula is C16H23ClN2. The Hall–Kier alpha value is -1.02. The minimum Gasteiger partial charge on any atom is -0.326 e. The number of halogens is 1. The summed E-state index contributed by atoms with van der Waals surface area (Å²) >= 11 is 6.28. The van der Waals surface area contributed by atoms with Gasteiger partial charge in [-0.3, -0.25) is 0 Å². The summed E-state index contributed by atoms with van der Waals surface area (Å²) in [6, 6.07) is 6.58. The Kier molecular flexibility index (Phi) is 4.19. The van der Waals surface area contributed by atoms with E-state index in [1.807, 2.05) is 6.92 Å². The molecule has 2 nitrogen and oxygen atoms in total. The van der Waals surface area contributed by atoms with Gasteiger partial charge in [-0.2, -0.15) is 0 Å². The number of fused-ring (bicyclic) bond motifs is 1. The van der Waals surface area contributed by atoms with E-state index in [0.29, 0.717) is 11.8 Å². The van der Waals surface area contributed by atoms with Gasteiger partial charge in [-0.15, -0.1) is 11.6 Å². The van der Waals surface area contributed by atoms with Crippen LogP contribution in [0, 0.1) is 5.92 Å². The number of nitrogens with zero attached hydrogens (tertiary/aromatic N) is 2. The van der Waals surface area contributed by atoms with Crippen LogP contribution >= 0.6 is 11.6 Å². The first kappa shape index (κ1) is 14.4. The molecule has 2 aromatic rings. The molecule has 0 bridgehead atoms. The highest BCUT2D eigenvalue weighted by Crippen LogP contribution is 2.27. The monoisotopic (exact) mass is 278 g/mol. The summed E-state index contributed by atoms with van der Waals surface area (Å²) in [5.41, 5.74) is 3.59. The lowest BCUT2D eigenvalue weighted by Crippen LogP contribution is -2.09. The van der Waals surface area contributed by atoms with Crippen molar-refractivity contribution in [2.45, 2.75) is 52.5 Å². The second-order valence-corrected chi connectivity index (χ2v) is 6.65. The molecule has 3 heteroatoms. The van der Waals surface area contributed by atoms with Gasteiger partial charge in [0.25, 0.3) is 0 Å². The van der Waals surface area contributed by atoms with Crippen LogP contribution in [0.1, 0.15) is 57.3 Å². The van der Waals surface area contributed by atoms with Gasteiger partial charge >= 0.3 is 0 Å². The predicted octanol–water partition coefficient (Wildman–Crippen LogP) is 5.12. The van der Waals surface area contributed by atoms with Gasteiger partial charge in [-0.25, -0.2) is 4.98 Å². The maximum atomic E-state index is 6.28. The van der Waals surface area contributed by atoms with Gasteiger partial charge in [0, 0.05) is 6.54 Å². The predicted molar refractivity (Wildman–Crippen MR) is 82.9 cm³/mol. The number of hydrogen-bond donors (Lipinski definition) is 0. The van der Waals surface area contributed by atoms with E-state index in [0.717, 1.165) is 17.9 Å². The van der Waals surface area contributed by atoms with Crippen molar-refractivity contribution in [1.82, 2.24) is 9.55 Å². The Labute approximate surface area is 120 Å². The highest BCUT2D eigenvalue weighted by Gasteiger charge is 2.16. The first-order valence-corrected chi connectivity index (χ1v) is 7.48. The average Bonchev–Trinajstić information content (AvgIpc) is 2.66. The molecule has 2 rings (SSSR count). The third kappa shape index (κ3) is 2.94. The minimum atomic E-state index is -0.0614. The quantitative estimate of drug-likeness (QED) is 0.710. The smallest absolute Gasteiger partial charge is 0.127 e. The number of benzene rings is 1. The van der Waals surface area contributed by atoms with Gasteiger partial charge < -0.3 is 4.57 Å². The van der Waals surface area contributed by atoms with Crippen LogP contribution in [0.5, 0.6) is 0 Å². The number of hydrogen-bond acceptors (Lipinski definition) is 1. The zero-order chi connectivity index (χ0) is 14.2. The molecule has 0 N–H and O–H groups in total. The summed E-state index contributed by atoms with van der Waals surface area (Å²) in [4.78, 5) is 4.74. The van der Waals surface area contributed by atoms with Crippen LogP contribution < -0.4 is 0 Å². The van der Waals surface area contributed by atoms with Gasteiger partial charge in [-0.05, 0) is 36.5 Å². The molecule has 19 heavy (non-hydrogen) atoms. The summed E-state index contributed by atoms with van der Waals surface area (Å²) < 4.78 is 2.27. The average molecular weight is 279 g/mol. The first-order valence-electron chi connectivity index (χ1n) is 7.04.